The monoisotopic (exact) mass is 481 g/mol. The molecule has 1 saturated heterocycles. The number of para-hydroxylation sites is 4. The summed E-state index contributed by atoms with van der Waals surface area (Å²) in [6, 6.07) is 23.6. The zero-order valence-corrected chi connectivity index (χ0v) is 19.9. The van der Waals surface area contributed by atoms with Crippen molar-refractivity contribution in [2.24, 2.45) is 0 Å². The van der Waals surface area contributed by atoms with Gasteiger partial charge in [0.1, 0.15) is 18.8 Å². The van der Waals surface area contributed by atoms with Gasteiger partial charge in [0.2, 0.25) is 0 Å². The molecule has 35 heavy (non-hydrogen) atoms. The van der Waals surface area contributed by atoms with Crippen LogP contribution in [-0.4, -0.2) is 60.7 Å². The molecule has 2 N–H and O–H groups in total. The predicted octanol–water partition coefficient (Wildman–Crippen LogP) is 4.25. The number of rotatable bonds is 6. The number of hydrogen-bond acceptors (Lipinski definition) is 7. The topological polar surface area (TPSA) is 97.7 Å². The molecule has 0 spiro atoms. The molecule has 8 heteroatoms. The van der Waals surface area contributed by atoms with Gasteiger partial charge in [-0.15, -0.1) is 0 Å². The molecular weight excluding hydrogens is 450 g/mol. The molecule has 186 valence electrons. The minimum atomic E-state index is -0.794. The highest BCUT2D eigenvalue weighted by Crippen LogP contribution is 2.29. The van der Waals surface area contributed by atoms with Gasteiger partial charge in [0, 0.05) is 13.0 Å². The second-order valence-electron chi connectivity index (χ2n) is 7.82. The number of amides is 1. The fraction of sp³-hybridized carbons (Fsp3) is 0.296. The molecule has 1 amide bonds. The van der Waals surface area contributed by atoms with Crippen LogP contribution in [0.15, 0.2) is 78.9 Å². The first-order chi connectivity index (χ1) is 17.0. The lowest BCUT2D eigenvalue weighted by atomic mass is 10.1. The molecule has 1 fully saturated rings. The number of β-amino-alcohol motifs (C(OH)–C–C–N with tert-alkyl or cyclic N) is 1. The summed E-state index contributed by atoms with van der Waals surface area (Å²) in [5, 5.41) is 19.4. The van der Waals surface area contributed by atoms with Crippen LogP contribution in [-0.2, 0) is 11.3 Å². The van der Waals surface area contributed by atoms with Gasteiger partial charge in [-0.25, -0.2) is 4.79 Å². The standard InChI is InChI=1S/C20H23NO5.C7H8O2/c1-24-18-9-5-6-10-19(18)26-17-11-12-21(13-16(17)22)20(23)25-14-15-7-3-2-4-8-15;1-9-7-5-3-2-4-6(7)8/h2-10,16-17,22H,11-14H2,1H3;2-5,8H,1H3/t16-,17-;/m1./s1. The SMILES string of the molecule is COc1ccccc1O.COc1ccccc1O[C@@H]1CCN(C(=O)OCc2ccccc2)C[C@H]1O. The van der Waals surface area contributed by atoms with E-state index in [2.05, 4.69) is 0 Å². The van der Waals surface area contributed by atoms with Crippen molar-refractivity contribution >= 4 is 6.09 Å². The highest BCUT2D eigenvalue weighted by atomic mass is 16.6. The Hall–Kier alpha value is -3.91. The summed E-state index contributed by atoms with van der Waals surface area (Å²) < 4.78 is 21.3. The third-order valence-electron chi connectivity index (χ3n) is 5.42. The first-order valence-corrected chi connectivity index (χ1v) is 11.3. The zero-order chi connectivity index (χ0) is 25.0. The Bertz CT molecular complexity index is 1060. The average molecular weight is 482 g/mol. The van der Waals surface area contributed by atoms with Crippen molar-refractivity contribution in [3.63, 3.8) is 0 Å². The molecule has 1 aliphatic rings. The molecule has 0 unspecified atom stereocenters. The maximum Gasteiger partial charge on any atom is 0.410 e. The molecule has 0 aliphatic carbocycles. The van der Waals surface area contributed by atoms with E-state index in [1.54, 1.807) is 43.5 Å². The number of phenolic OH excluding ortho intramolecular Hbond substituents is 1. The number of aliphatic hydroxyl groups excluding tert-OH is 1. The number of nitrogens with zero attached hydrogens (tertiary/aromatic N) is 1. The summed E-state index contributed by atoms with van der Waals surface area (Å²) in [5.41, 5.74) is 0.927. The molecule has 3 aromatic carbocycles. The van der Waals surface area contributed by atoms with Gasteiger partial charge in [-0.1, -0.05) is 54.6 Å². The Morgan fingerprint density at radius 2 is 1.49 bits per heavy atom. The van der Waals surface area contributed by atoms with E-state index in [4.69, 9.17) is 24.1 Å². The second kappa shape index (κ2) is 13.1. The lowest BCUT2D eigenvalue weighted by Gasteiger charge is -2.35. The molecule has 0 radical (unpaired) electrons. The Morgan fingerprint density at radius 1 is 0.886 bits per heavy atom. The maximum absolute atomic E-state index is 12.2. The molecule has 0 aromatic heterocycles. The lowest BCUT2D eigenvalue weighted by Crippen LogP contribution is -2.51. The number of likely N-dealkylation sites (tertiary alicyclic amines) is 1. The van der Waals surface area contributed by atoms with Crippen LogP contribution in [0, 0.1) is 0 Å². The molecule has 1 heterocycles. The number of hydrogen-bond donors (Lipinski definition) is 2. The van der Waals surface area contributed by atoms with Gasteiger partial charge >= 0.3 is 6.09 Å². The van der Waals surface area contributed by atoms with Gasteiger partial charge in [0.15, 0.2) is 23.0 Å². The Morgan fingerprint density at radius 3 is 2.09 bits per heavy atom. The highest BCUT2D eigenvalue weighted by molar-refractivity contribution is 5.67. The van der Waals surface area contributed by atoms with Gasteiger partial charge < -0.3 is 34.1 Å². The van der Waals surface area contributed by atoms with Crippen molar-refractivity contribution in [3.05, 3.63) is 84.4 Å². The number of aromatic hydroxyl groups is 1. The molecule has 8 nitrogen and oxygen atoms in total. The first kappa shape index (κ1) is 25.7. The number of benzene rings is 3. The van der Waals surface area contributed by atoms with Crippen LogP contribution in [0.4, 0.5) is 4.79 Å². The molecule has 0 saturated carbocycles. The predicted molar refractivity (Wildman–Crippen MR) is 131 cm³/mol. The van der Waals surface area contributed by atoms with Crippen LogP contribution < -0.4 is 14.2 Å². The second-order valence-corrected chi connectivity index (χ2v) is 7.82. The Balaban J connectivity index is 0.000000320. The van der Waals surface area contributed by atoms with Crippen LogP contribution in [0.2, 0.25) is 0 Å². The lowest BCUT2D eigenvalue weighted by molar-refractivity contribution is -0.0260. The molecule has 0 bridgehead atoms. The third-order valence-corrected chi connectivity index (χ3v) is 5.42. The van der Waals surface area contributed by atoms with Crippen molar-refractivity contribution in [1.29, 1.82) is 0 Å². The molecule has 3 aromatic rings. The summed E-state index contributed by atoms with van der Waals surface area (Å²) in [6.07, 6.45) is -1.11. The van der Waals surface area contributed by atoms with Crippen LogP contribution in [0.3, 0.4) is 0 Å². The van der Waals surface area contributed by atoms with E-state index >= 15 is 0 Å². The maximum atomic E-state index is 12.2. The highest BCUT2D eigenvalue weighted by Gasteiger charge is 2.32. The third kappa shape index (κ3) is 7.55. The largest absolute Gasteiger partial charge is 0.504 e. The van der Waals surface area contributed by atoms with Crippen LogP contribution in [0.25, 0.3) is 0 Å². The number of piperidine rings is 1. The summed E-state index contributed by atoms with van der Waals surface area (Å²) in [6.45, 7) is 0.853. The van der Waals surface area contributed by atoms with Crippen molar-refractivity contribution < 1.29 is 34.0 Å². The van der Waals surface area contributed by atoms with E-state index in [1.165, 1.54) is 12.0 Å². The number of ether oxygens (including phenoxy) is 4. The molecule has 2 atom stereocenters. The van der Waals surface area contributed by atoms with E-state index in [0.717, 1.165) is 5.56 Å². The number of phenols is 1. The van der Waals surface area contributed by atoms with Gasteiger partial charge in [-0.3, -0.25) is 0 Å². The zero-order valence-electron chi connectivity index (χ0n) is 19.9. The van der Waals surface area contributed by atoms with Crippen molar-refractivity contribution in [2.75, 3.05) is 27.3 Å². The van der Waals surface area contributed by atoms with E-state index < -0.39 is 18.3 Å². The summed E-state index contributed by atoms with van der Waals surface area (Å²) in [7, 11) is 3.10. The normalized spacial score (nSPS) is 16.9. The smallest absolute Gasteiger partial charge is 0.410 e. The van der Waals surface area contributed by atoms with Crippen LogP contribution >= 0.6 is 0 Å². The minimum Gasteiger partial charge on any atom is -0.504 e. The number of methoxy groups -OCH3 is 2. The minimum absolute atomic E-state index is 0.174. The van der Waals surface area contributed by atoms with Crippen molar-refractivity contribution in [2.45, 2.75) is 25.2 Å². The van der Waals surface area contributed by atoms with E-state index in [1.807, 2.05) is 42.5 Å². The van der Waals surface area contributed by atoms with Crippen LogP contribution in [0.1, 0.15) is 12.0 Å². The van der Waals surface area contributed by atoms with Gasteiger partial charge in [0.25, 0.3) is 0 Å². The first-order valence-electron chi connectivity index (χ1n) is 11.3. The van der Waals surface area contributed by atoms with Gasteiger partial charge in [0.05, 0.1) is 20.8 Å². The molecule has 4 rings (SSSR count). The number of carbonyl (C=O) groups excluding carboxylic acids is 1. The summed E-state index contributed by atoms with van der Waals surface area (Å²) in [4.78, 5) is 13.7. The molecule has 1 aliphatic heterocycles. The van der Waals surface area contributed by atoms with Crippen LogP contribution in [0.5, 0.6) is 23.0 Å². The van der Waals surface area contributed by atoms with Crippen molar-refractivity contribution in [1.82, 2.24) is 4.90 Å². The Kier molecular flexibility index (Phi) is 9.62. The Labute approximate surface area is 205 Å². The number of aliphatic hydroxyl groups is 1. The van der Waals surface area contributed by atoms with E-state index in [-0.39, 0.29) is 18.9 Å². The van der Waals surface area contributed by atoms with E-state index in [0.29, 0.717) is 30.2 Å². The fourth-order valence-electron chi connectivity index (χ4n) is 3.53. The molecular formula is C27H31NO7. The van der Waals surface area contributed by atoms with Gasteiger partial charge in [-0.2, -0.15) is 0 Å². The van der Waals surface area contributed by atoms with E-state index in [9.17, 15) is 9.90 Å². The number of carbonyl (C=O) groups is 1. The van der Waals surface area contributed by atoms with Crippen molar-refractivity contribution in [3.8, 4) is 23.0 Å². The fourth-order valence-corrected chi connectivity index (χ4v) is 3.53. The average Bonchev–Trinajstić information content (AvgIpc) is 2.90. The van der Waals surface area contributed by atoms with Gasteiger partial charge in [-0.05, 0) is 29.8 Å². The quantitative estimate of drug-likeness (QED) is 0.543. The summed E-state index contributed by atoms with van der Waals surface area (Å²) in [5.74, 6) is 1.89. The summed E-state index contributed by atoms with van der Waals surface area (Å²) >= 11 is 0.